The van der Waals surface area contributed by atoms with Gasteiger partial charge in [-0.3, -0.25) is 9.36 Å². The van der Waals surface area contributed by atoms with Crippen LogP contribution in [-0.2, 0) is 18.2 Å². The number of para-hydroxylation sites is 2. The van der Waals surface area contributed by atoms with Gasteiger partial charge in [0, 0.05) is 39.1 Å². The highest BCUT2D eigenvalue weighted by Crippen LogP contribution is 2.30. The van der Waals surface area contributed by atoms with Crippen LogP contribution < -0.4 is 4.90 Å². The van der Waals surface area contributed by atoms with Gasteiger partial charge < -0.3 is 19.1 Å². The van der Waals surface area contributed by atoms with E-state index in [0.717, 1.165) is 54.9 Å². The van der Waals surface area contributed by atoms with E-state index in [1.165, 1.54) is 6.42 Å². The Balaban J connectivity index is 1.54. The molecule has 1 amide bonds. The zero-order chi connectivity index (χ0) is 25.5. The number of nitrogens with zero attached hydrogens (tertiary/aromatic N) is 8. The number of carbonyl (C=O) groups is 1. The number of amides is 1. The maximum absolute atomic E-state index is 13.8. The van der Waals surface area contributed by atoms with Gasteiger partial charge in [0.2, 0.25) is 11.8 Å². The molecule has 1 aromatic carbocycles. The second-order valence-electron chi connectivity index (χ2n) is 9.88. The lowest BCUT2D eigenvalue weighted by molar-refractivity contribution is 0.0592. The van der Waals surface area contributed by atoms with Gasteiger partial charge in [0.1, 0.15) is 5.82 Å². The van der Waals surface area contributed by atoms with Crippen molar-refractivity contribution in [1.29, 1.82) is 0 Å². The molecule has 0 bridgehead atoms. The van der Waals surface area contributed by atoms with E-state index in [4.69, 9.17) is 24.7 Å². The van der Waals surface area contributed by atoms with E-state index in [-0.39, 0.29) is 11.9 Å². The number of carbonyl (C=O) groups excluding carboxylic acids is 1. The highest BCUT2D eigenvalue weighted by atomic mass is 16.5. The van der Waals surface area contributed by atoms with Gasteiger partial charge in [0.05, 0.1) is 24.2 Å². The summed E-state index contributed by atoms with van der Waals surface area (Å²) in [6.45, 7) is 7.68. The van der Waals surface area contributed by atoms with E-state index in [9.17, 15) is 4.79 Å². The first-order valence-electron chi connectivity index (χ1n) is 13.5. The molecular formula is C27H34N8O2. The number of hydrogen-bond acceptors (Lipinski definition) is 7. The molecule has 37 heavy (non-hydrogen) atoms. The fourth-order valence-electron chi connectivity index (χ4n) is 5.68. The lowest BCUT2D eigenvalue weighted by Gasteiger charge is -2.34. The van der Waals surface area contributed by atoms with Gasteiger partial charge in [-0.1, -0.05) is 26.0 Å². The van der Waals surface area contributed by atoms with Gasteiger partial charge in [-0.2, -0.15) is 9.97 Å². The SMILES string of the molecule is CCc1nc2ccccc2n1-c1nc(N2CCOCC2)c2nc(C(=O)N3CCCC[C@H]3CC)n(C)c2n1. The Hall–Kier alpha value is -3.53. The number of rotatable bonds is 5. The van der Waals surface area contributed by atoms with Crippen LogP contribution in [0.25, 0.3) is 28.1 Å². The van der Waals surface area contributed by atoms with Gasteiger partial charge >= 0.3 is 0 Å². The van der Waals surface area contributed by atoms with Crippen molar-refractivity contribution in [2.24, 2.45) is 7.05 Å². The summed E-state index contributed by atoms with van der Waals surface area (Å²) in [7, 11) is 1.89. The lowest BCUT2D eigenvalue weighted by atomic mass is 10.00. The second-order valence-corrected chi connectivity index (χ2v) is 9.88. The van der Waals surface area contributed by atoms with Crippen molar-refractivity contribution in [3.05, 3.63) is 35.9 Å². The van der Waals surface area contributed by atoms with Crippen LogP contribution in [0, 0.1) is 0 Å². The second kappa shape index (κ2) is 9.74. The Kier molecular flexibility index (Phi) is 6.27. The molecule has 2 aliphatic heterocycles. The zero-order valence-corrected chi connectivity index (χ0v) is 21.9. The van der Waals surface area contributed by atoms with Crippen LogP contribution in [0.1, 0.15) is 56.0 Å². The van der Waals surface area contributed by atoms with Crippen LogP contribution in [-0.4, -0.2) is 78.8 Å². The summed E-state index contributed by atoms with van der Waals surface area (Å²) in [4.78, 5) is 37.8. The summed E-state index contributed by atoms with van der Waals surface area (Å²) in [5.74, 6) is 2.58. The molecule has 0 radical (unpaired) electrons. The Morgan fingerprint density at radius 2 is 1.84 bits per heavy atom. The number of morpholine rings is 1. The highest BCUT2D eigenvalue weighted by Gasteiger charge is 2.31. The van der Waals surface area contributed by atoms with E-state index in [2.05, 4.69) is 18.7 Å². The van der Waals surface area contributed by atoms with Crippen molar-refractivity contribution in [3.63, 3.8) is 0 Å². The number of aryl methyl sites for hydroxylation is 2. The Bertz CT molecular complexity index is 1450. The molecule has 2 saturated heterocycles. The third-order valence-corrected chi connectivity index (χ3v) is 7.70. The van der Waals surface area contributed by atoms with Crippen molar-refractivity contribution in [3.8, 4) is 5.95 Å². The van der Waals surface area contributed by atoms with Crippen LogP contribution >= 0.6 is 0 Å². The third-order valence-electron chi connectivity index (χ3n) is 7.70. The summed E-state index contributed by atoms with van der Waals surface area (Å²) >= 11 is 0. The molecular weight excluding hydrogens is 468 g/mol. The third kappa shape index (κ3) is 4.03. The van der Waals surface area contributed by atoms with Gasteiger partial charge in [-0.05, 0) is 37.8 Å². The number of fused-ring (bicyclic) bond motifs is 2. The maximum atomic E-state index is 13.8. The predicted molar refractivity (Wildman–Crippen MR) is 142 cm³/mol. The standard InChI is InChI=1S/C27H34N8O2/c1-4-18-10-8-9-13-34(18)26(36)25-29-22-23(32(25)3)30-27(31-24(22)33-14-16-37-17-15-33)35-20-12-7-6-11-19(20)28-21(35)5-2/h6-7,11-12,18H,4-5,8-10,13-17H2,1-3H3/t18-/m1/s1. The average molecular weight is 503 g/mol. The molecule has 10 heteroatoms. The molecule has 6 rings (SSSR count). The molecule has 0 unspecified atom stereocenters. The fraction of sp³-hybridized carbons (Fsp3) is 0.519. The first kappa shape index (κ1) is 23.8. The van der Waals surface area contributed by atoms with Crippen LogP contribution in [0.2, 0.25) is 0 Å². The first-order valence-corrected chi connectivity index (χ1v) is 13.5. The largest absolute Gasteiger partial charge is 0.378 e. The molecule has 2 fully saturated rings. The summed E-state index contributed by atoms with van der Waals surface area (Å²) in [6, 6.07) is 8.31. The quantitative estimate of drug-likeness (QED) is 0.412. The molecule has 0 N–H and O–H groups in total. The number of anilines is 1. The van der Waals surface area contributed by atoms with Crippen LogP contribution in [0.3, 0.4) is 0 Å². The van der Waals surface area contributed by atoms with Gasteiger partial charge in [0.15, 0.2) is 17.0 Å². The molecule has 5 heterocycles. The lowest BCUT2D eigenvalue weighted by Crippen LogP contribution is -2.44. The van der Waals surface area contributed by atoms with Crippen LogP contribution in [0.4, 0.5) is 5.82 Å². The molecule has 1 atom stereocenters. The molecule has 0 spiro atoms. The Morgan fingerprint density at radius 3 is 2.62 bits per heavy atom. The maximum Gasteiger partial charge on any atom is 0.290 e. The van der Waals surface area contributed by atoms with Gasteiger partial charge in [0.25, 0.3) is 5.91 Å². The topological polar surface area (TPSA) is 94.2 Å². The van der Waals surface area contributed by atoms with Gasteiger partial charge in [-0.15, -0.1) is 0 Å². The number of ether oxygens (including phenoxy) is 1. The number of aromatic nitrogens is 6. The number of hydrogen-bond donors (Lipinski definition) is 0. The van der Waals surface area contributed by atoms with Gasteiger partial charge in [-0.25, -0.2) is 9.97 Å². The van der Waals surface area contributed by atoms with Crippen LogP contribution in [0.15, 0.2) is 24.3 Å². The predicted octanol–water partition coefficient (Wildman–Crippen LogP) is 3.51. The number of benzene rings is 1. The average Bonchev–Trinajstić information content (AvgIpc) is 3.50. The summed E-state index contributed by atoms with van der Waals surface area (Å²) in [5.41, 5.74) is 3.18. The highest BCUT2D eigenvalue weighted by molar-refractivity contribution is 5.97. The summed E-state index contributed by atoms with van der Waals surface area (Å²) in [5, 5.41) is 0. The number of likely N-dealkylation sites (tertiary alicyclic amines) is 1. The zero-order valence-electron chi connectivity index (χ0n) is 21.9. The number of piperidine rings is 1. The Morgan fingerprint density at radius 1 is 1.03 bits per heavy atom. The molecule has 2 aliphatic rings. The molecule has 194 valence electrons. The molecule has 3 aromatic heterocycles. The van der Waals surface area contributed by atoms with E-state index < -0.39 is 0 Å². The normalized spacial score (nSPS) is 18.7. The van der Waals surface area contributed by atoms with E-state index >= 15 is 0 Å². The summed E-state index contributed by atoms with van der Waals surface area (Å²) < 4.78 is 9.49. The Labute approximate surface area is 216 Å². The van der Waals surface area contributed by atoms with E-state index in [0.29, 0.717) is 49.2 Å². The minimum Gasteiger partial charge on any atom is -0.378 e. The molecule has 0 saturated carbocycles. The van der Waals surface area contributed by atoms with Crippen molar-refractivity contribution >= 4 is 33.9 Å². The molecule has 4 aromatic rings. The molecule has 10 nitrogen and oxygen atoms in total. The monoisotopic (exact) mass is 502 g/mol. The van der Waals surface area contributed by atoms with Crippen molar-refractivity contribution in [2.75, 3.05) is 37.7 Å². The van der Waals surface area contributed by atoms with E-state index in [1.807, 2.05) is 45.3 Å². The van der Waals surface area contributed by atoms with E-state index in [1.54, 1.807) is 0 Å². The smallest absolute Gasteiger partial charge is 0.290 e. The minimum absolute atomic E-state index is 0.0242. The summed E-state index contributed by atoms with van der Waals surface area (Å²) in [6.07, 6.45) is 4.93. The fourth-order valence-corrected chi connectivity index (χ4v) is 5.68. The minimum atomic E-state index is -0.0242. The van der Waals surface area contributed by atoms with Crippen molar-refractivity contribution in [1.82, 2.24) is 34.0 Å². The van der Waals surface area contributed by atoms with Crippen molar-refractivity contribution in [2.45, 2.75) is 52.0 Å². The van der Waals surface area contributed by atoms with Crippen molar-refractivity contribution < 1.29 is 9.53 Å². The number of imidazole rings is 2. The first-order chi connectivity index (χ1) is 18.1. The van der Waals surface area contributed by atoms with Crippen LogP contribution in [0.5, 0.6) is 0 Å². The molecule has 0 aliphatic carbocycles.